The van der Waals surface area contributed by atoms with E-state index in [1.165, 1.54) is 5.56 Å². The van der Waals surface area contributed by atoms with E-state index in [2.05, 4.69) is 0 Å². The molecule has 134 valence electrons. The molecule has 0 saturated carbocycles. The summed E-state index contributed by atoms with van der Waals surface area (Å²) in [5.74, 6) is 0. The highest BCUT2D eigenvalue weighted by Gasteiger charge is 2.53. The monoisotopic (exact) mass is 391 g/mol. The molecule has 1 fully saturated rings. The summed E-state index contributed by atoms with van der Waals surface area (Å²) in [5.41, 5.74) is 0.133. The highest BCUT2D eigenvalue weighted by Crippen LogP contribution is 2.50. The molecular formula is C17H23Cl2NO3S. The summed E-state index contributed by atoms with van der Waals surface area (Å²) in [6, 6.07) is 1.82. The number of nitrogens with zero attached hydrogens (tertiary/aromatic N) is 1. The van der Waals surface area contributed by atoms with Crippen molar-refractivity contribution in [2.75, 3.05) is 13.2 Å². The number of halogens is 2. The summed E-state index contributed by atoms with van der Waals surface area (Å²) in [7, 11) is 0. The number of likely N-dealkylation sites (tertiary alicyclic amines) is 1. The topological polar surface area (TPSA) is 38.8 Å². The van der Waals surface area contributed by atoms with Gasteiger partial charge in [0.1, 0.15) is 11.2 Å². The van der Waals surface area contributed by atoms with Gasteiger partial charge in [-0.25, -0.2) is 4.79 Å². The van der Waals surface area contributed by atoms with Crippen LogP contribution in [0.2, 0.25) is 4.34 Å². The van der Waals surface area contributed by atoms with E-state index in [9.17, 15) is 4.79 Å². The quantitative estimate of drug-likeness (QED) is 0.595. The predicted octanol–water partition coefficient (Wildman–Crippen LogP) is 4.81. The number of ether oxygens (including phenoxy) is 2. The molecule has 4 nitrogen and oxygen atoms in total. The summed E-state index contributed by atoms with van der Waals surface area (Å²) in [5, 5.41) is -0.354. The minimum atomic E-state index is -0.565. The van der Waals surface area contributed by atoms with Gasteiger partial charge >= 0.3 is 6.09 Å². The Kier molecular flexibility index (Phi) is 4.84. The van der Waals surface area contributed by atoms with E-state index in [1.54, 1.807) is 16.2 Å². The molecule has 0 radical (unpaired) electrons. The lowest BCUT2D eigenvalue weighted by Gasteiger charge is -2.50. The molecule has 0 aromatic carbocycles. The van der Waals surface area contributed by atoms with Gasteiger partial charge in [0, 0.05) is 17.8 Å². The lowest BCUT2D eigenvalue weighted by molar-refractivity contribution is -0.104. The van der Waals surface area contributed by atoms with Gasteiger partial charge in [0.15, 0.2) is 0 Å². The van der Waals surface area contributed by atoms with Crippen LogP contribution in [-0.2, 0) is 21.5 Å². The van der Waals surface area contributed by atoms with Crippen molar-refractivity contribution in [1.29, 1.82) is 0 Å². The van der Waals surface area contributed by atoms with E-state index >= 15 is 0 Å². The van der Waals surface area contributed by atoms with Crippen LogP contribution in [0.4, 0.5) is 4.79 Å². The number of hydrogen-bond donors (Lipinski definition) is 0. The van der Waals surface area contributed by atoms with Crippen LogP contribution in [0.3, 0.4) is 0 Å². The number of carbonyl (C=O) groups excluding carboxylic acids is 1. The van der Waals surface area contributed by atoms with Crippen molar-refractivity contribution in [3.05, 3.63) is 20.8 Å². The van der Waals surface area contributed by atoms with Crippen LogP contribution < -0.4 is 0 Å². The molecule has 3 heterocycles. The second-order valence-corrected chi connectivity index (χ2v) is 9.61. The van der Waals surface area contributed by atoms with E-state index in [1.807, 2.05) is 33.8 Å². The molecule has 0 bridgehead atoms. The lowest BCUT2D eigenvalue weighted by atomic mass is 9.81. The first kappa shape index (κ1) is 18.3. The maximum absolute atomic E-state index is 12.5. The summed E-state index contributed by atoms with van der Waals surface area (Å²) in [6.45, 7) is 8.72. The minimum absolute atomic E-state index is 0.193. The number of thiophene rings is 1. The highest BCUT2D eigenvalue weighted by molar-refractivity contribution is 7.16. The largest absolute Gasteiger partial charge is 0.444 e. The first-order valence-electron chi connectivity index (χ1n) is 8.20. The molecule has 24 heavy (non-hydrogen) atoms. The molecular weight excluding hydrogens is 369 g/mol. The molecule has 0 N–H and O–H groups in total. The molecule has 1 saturated heterocycles. The number of piperidine rings is 1. The van der Waals surface area contributed by atoms with Crippen molar-refractivity contribution >= 4 is 40.6 Å². The lowest BCUT2D eigenvalue weighted by Crippen LogP contribution is -2.60. The van der Waals surface area contributed by atoms with Crippen LogP contribution in [0.25, 0.3) is 0 Å². The van der Waals surface area contributed by atoms with Gasteiger partial charge in [-0.05, 0) is 45.7 Å². The van der Waals surface area contributed by atoms with Gasteiger partial charge in [-0.15, -0.1) is 22.9 Å². The van der Waals surface area contributed by atoms with Gasteiger partial charge < -0.3 is 14.4 Å². The fourth-order valence-electron chi connectivity index (χ4n) is 3.49. The zero-order valence-electron chi connectivity index (χ0n) is 14.4. The number of carbonyl (C=O) groups is 1. The standard InChI is InChI=1S/C17H23Cl2NO3S/c1-10-13(19)17(6-7-20(10)15(21)23-16(2,3)4)14-11(5-8-22-17)9-12(18)24-14/h9-10,13H,5-8H2,1-4H3/t10-,13?,17-/m0/s1. The van der Waals surface area contributed by atoms with Crippen LogP contribution in [0.15, 0.2) is 6.07 Å². The number of alkyl halides is 1. The van der Waals surface area contributed by atoms with E-state index < -0.39 is 11.2 Å². The van der Waals surface area contributed by atoms with Crippen molar-refractivity contribution < 1.29 is 14.3 Å². The Morgan fingerprint density at radius 2 is 2.21 bits per heavy atom. The maximum atomic E-state index is 12.5. The Morgan fingerprint density at radius 3 is 2.88 bits per heavy atom. The number of hydrogen-bond acceptors (Lipinski definition) is 4. The first-order chi connectivity index (χ1) is 11.1. The Labute approximate surface area is 157 Å². The van der Waals surface area contributed by atoms with Gasteiger partial charge in [-0.2, -0.15) is 0 Å². The molecule has 2 aliphatic heterocycles. The smallest absolute Gasteiger partial charge is 0.410 e. The molecule has 1 unspecified atom stereocenters. The van der Waals surface area contributed by atoms with Crippen LogP contribution >= 0.6 is 34.5 Å². The molecule has 1 amide bonds. The minimum Gasteiger partial charge on any atom is -0.444 e. The summed E-state index contributed by atoms with van der Waals surface area (Å²) >= 11 is 14.6. The van der Waals surface area contributed by atoms with E-state index in [0.717, 1.165) is 15.6 Å². The fourth-order valence-corrected chi connectivity index (χ4v) is 5.49. The Hall–Kier alpha value is -0.490. The van der Waals surface area contributed by atoms with E-state index in [0.29, 0.717) is 19.6 Å². The van der Waals surface area contributed by atoms with E-state index in [4.69, 9.17) is 32.7 Å². The Morgan fingerprint density at radius 1 is 1.50 bits per heavy atom. The molecule has 0 aliphatic carbocycles. The number of rotatable bonds is 0. The number of amides is 1. The van der Waals surface area contributed by atoms with E-state index in [-0.39, 0.29) is 17.5 Å². The first-order valence-corrected chi connectivity index (χ1v) is 9.83. The third kappa shape index (κ3) is 3.16. The van der Waals surface area contributed by atoms with Crippen molar-refractivity contribution in [2.24, 2.45) is 0 Å². The molecule has 1 spiro atoms. The molecule has 7 heteroatoms. The van der Waals surface area contributed by atoms with Crippen LogP contribution in [0.1, 0.15) is 44.6 Å². The van der Waals surface area contributed by atoms with Crippen molar-refractivity contribution in [3.63, 3.8) is 0 Å². The third-order valence-electron chi connectivity index (χ3n) is 4.61. The zero-order chi connectivity index (χ0) is 17.7. The summed E-state index contributed by atoms with van der Waals surface area (Å²) in [6.07, 6.45) is 1.18. The van der Waals surface area contributed by atoms with Crippen molar-refractivity contribution in [1.82, 2.24) is 4.90 Å². The zero-order valence-corrected chi connectivity index (χ0v) is 16.7. The number of fused-ring (bicyclic) bond motifs is 2. The van der Waals surface area contributed by atoms with Gasteiger partial charge in [0.25, 0.3) is 0 Å². The van der Waals surface area contributed by atoms with Gasteiger partial charge in [-0.1, -0.05) is 11.6 Å². The summed E-state index contributed by atoms with van der Waals surface area (Å²) < 4.78 is 12.5. The molecule has 3 atom stereocenters. The molecule has 1 aromatic heterocycles. The SMILES string of the molecule is C[C@H]1C(Cl)[C@]2(CCN1C(=O)OC(C)(C)C)OCCc1cc(Cl)sc12. The van der Waals surface area contributed by atoms with Crippen molar-refractivity contribution in [2.45, 2.75) is 63.2 Å². The van der Waals surface area contributed by atoms with Gasteiger partial charge in [-0.3, -0.25) is 0 Å². The molecule has 1 aromatic rings. The van der Waals surface area contributed by atoms with Crippen LogP contribution in [0.5, 0.6) is 0 Å². The van der Waals surface area contributed by atoms with Crippen LogP contribution in [0, 0.1) is 0 Å². The average molecular weight is 392 g/mol. The third-order valence-corrected chi connectivity index (χ3v) is 6.79. The predicted molar refractivity (Wildman–Crippen MR) is 97.3 cm³/mol. The second-order valence-electron chi connectivity index (χ2n) is 7.46. The molecule has 3 rings (SSSR count). The summed E-state index contributed by atoms with van der Waals surface area (Å²) in [4.78, 5) is 15.3. The molecule has 2 aliphatic rings. The van der Waals surface area contributed by atoms with Crippen LogP contribution in [-0.4, -0.2) is 41.2 Å². The maximum Gasteiger partial charge on any atom is 0.410 e. The van der Waals surface area contributed by atoms with Gasteiger partial charge in [0.05, 0.1) is 22.4 Å². The Balaban J connectivity index is 1.86. The fraction of sp³-hybridized carbons (Fsp3) is 0.706. The average Bonchev–Trinajstić information content (AvgIpc) is 2.84. The normalized spacial score (nSPS) is 30.3. The second kappa shape index (κ2) is 6.35. The van der Waals surface area contributed by atoms with Gasteiger partial charge in [0.2, 0.25) is 0 Å². The Bertz CT molecular complexity index is 642. The highest BCUT2D eigenvalue weighted by atomic mass is 35.5. The van der Waals surface area contributed by atoms with Crippen molar-refractivity contribution in [3.8, 4) is 0 Å².